The molecule has 0 fully saturated rings. The molecule has 5 heteroatoms. The Bertz CT molecular complexity index is 447. The summed E-state index contributed by atoms with van der Waals surface area (Å²) < 4.78 is 6.72. The van der Waals surface area contributed by atoms with E-state index in [-0.39, 0.29) is 5.54 Å². The van der Waals surface area contributed by atoms with Crippen LogP contribution < -0.4 is 10.5 Å². The van der Waals surface area contributed by atoms with Gasteiger partial charge in [0.1, 0.15) is 17.3 Å². The van der Waals surface area contributed by atoms with Crippen molar-refractivity contribution in [1.29, 1.82) is 0 Å². The zero-order valence-corrected chi connectivity index (χ0v) is 13.6. The van der Waals surface area contributed by atoms with Crippen LogP contribution in [-0.2, 0) is 0 Å². The minimum atomic E-state index is -0.0597. The van der Waals surface area contributed by atoms with Crippen molar-refractivity contribution in [3.8, 4) is 5.75 Å². The van der Waals surface area contributed by atoms with Gasteiger partial charge in [0.25, 0.3) is 0 Å². The number of ether oxygens (including phenoxy) is 1. The third-order valence-corrected chi connectivity index (χ3v) is 3.88. The highest BCUT2D eigenvalue weighted by atomic mass is 79.9. The molecule has 0 aliphatic rings. The van der Waals surface area contributed by atoms with Crippen molar-refractivity contribution >= 4 is 33.1 Å². The number of rotatable bonds is 5. The summed E-state index contributed by atoms with van der Waals surface area (Å²) >= 11 is 8.49. The number of nitrogens with zero attached hydrogens (tertiary/aromatic N) is 1. The molecular weight excluding hydrogens is 312 g/mol. The first-order valence-corrected chi connectivity index (χ1v) is 6.84. The summed E-state index contributed by atoms with van der Waals surface area (Å²) in [4.78, 5) is 2.45. The molecule has 1 rings (SSSR count). The highest BCUT2D eigenvalue weighted by molar-refractivity contribution is 9.10. The average molecular weight is 331 g/mol. The van der Waals surface area contributed by atoms with Crippen molar-refractivity contribution in [1.82, 2.24) is 4.90 Å². The van der Waals surface area contributed by atoms with Gasteiger partial charge in [0, 0.05) is 10.0 Å². The van der Waals surface area contributed by atoms with Crippen molar-refractivity contribution in [2.75, 3.05) is 20.7 Å². The van der Waals surface area contributed by atoms with Gasteiger partial charge < -0.3 is 15.4 Å². The van der Waals surface area contributed by atoms with Crippen molar-refractivity contribution < 1.29 is 4.74 Å². The van der Waals surface area contributed by atoms with Gasteiger partial charge in [-0.05, 0) is 56.0 Å². The number of likely N-dealkylation sites (N-methyl/N-ethyl adjacent to an activating group) is 1. The fourth-order valence-electron chi connectivity index (χ4n) is 1.25. The third-order valence-electron chi connectivity index (χ3n) is 3.01. The van der Waals surface area contributed by atoms with Crippen molar-refractivity contribution in [2.45, 2.75) is 19.4 Å². The van der Waals surface area contributed by atoms with Gasteiger partial charge in [-0.3, -0.25) is 0 Å². The largest absolute Gasteiger partial charge is 0.491 e. The number of thiocarbonyl (C=S) groups is 1. The summed E-state index contributed by atoms with van der Waals surface area (Å²) in [5, 5.41) is 0. The first-order chi connectivity index (χ1) is 8.25. The van der Waals surface area contributed by atoms with Crippen molar-refractivity contribution in [2.24, 2.45) is 5.73 Å². The molecule has 18 heavy (non-hydrogen) atoms. The molecule has 2 N–H and O–H groups in total. The van der Waals surface area contributed by atoms with Crippen LogP contribution in [-0.4, -0.2) is 36.1 Å². The second kappa shape index (κ2) is 5.99. The van der Waals surface area contributed by atoms with Crippen molar-refractivity contribution in [3.63, 3.8) is 0 Å². The Morgan fingerprint density at radius 2 is 2.06 bits per heavy atom. The molecule has 3 nitrogen and oxygen atoms in total. The summed E-state index contributed by atoms with van der Waals surface area (Å²) in [7, 11) is 4.05. The van der Waals surface area contributed by atoms with E-state index in [1.807, 2.05) is 32.3 Å². The molecule has 0 aromatic heterocycles. The zero-order chi connectivity index (χ0) is 13.9. The summed E-state index contributed by atoms with van der Waals surface area (Å²) in [6.07, 6.45) is 0. The number of halogens is 1. The summed E-state index contributed by atoms with van der Waals surface area (Å²) in [6, 6.07) is 5.69. The average Bonchev–Trinajstić information content (AvgIpc) is 2.25. The summed E-state index contributed by atoms with van der Waals surface area (Å²) in [6.45, 7) is 4.79. The smallest absolute Gasteiger partial charge is 0.130 e. The Morgan fingerprint density at radius 3 is 2.56 bits per heavy atom. The van der Waals surface area contributed by atoms with Crippen LogP contribution in [0.5, 0.6) is 5.75 Å². The molecule has 0 unspecified atom stereocenters. The molecule has 0 spiro atoms. The molecule has 100 valence electrons. The molecule has 0 amide bonds. The lowest BCUT2D eigenvalue weighted by atomic mass is 10.1. The zero-order valence-electron chi connectivity index (χ0n) is 11.2. The van der Waals surface area contributed by atoms with Gasteiger partial charge in [0.2, 0.25) is 0 Å². The minimum Gasteiger partial charge on any atom is -0.491 e. The molecule has 1 aromatic carbocycles. The first-order valence-electron chi connectivity index (χ1n) is 5.64. The van der Waals surface area contributed by atoms with Crippen LogP contribution >= 0.6 is 28.1 Å². The van der Waals surface area contributed by atoms with Crippen LogP contribution in [0.2, 0.25) is 0 Å². The number of hydrogen-bond acceptors (Lipinski definition) is 3. The quantitative estimate of drug-likeness (QED) is 0.842. The molecule has 0 heterocycles. The molecule has 0 saturated heterocycles. The number of benzene rings is 1. The first kappa shape index (κ1) is 15.4. The molecule has 1 aromatic rings. The van der Waals surface area contributed by atoms with Gasteiger partial charge in [0.05, 0.1) is 5.56 Å². The maximum atomic E-state index is 5.87. The van der Waals surface area contributed by atoms with Crippen LogP contribution in [0.4, 0.5) is 0 Å². The molecule has 0 radical (unpaired) electrons. The highest BCUT2D eigenvalue weighted by Gasteiger charge is 2.22. The maximum absolute atomic E-state index is 5.87. The maximum Gasteiger partial charge on any atom is 0.130 e. The van der Waals surface area contributed by atoms with Gasteiger partial charge in [0.15, 0.2) is 0 Å². The van der Waals surface area contributed by atoms with Crippen LogP contribution in [0.15, 0.2) is 22.7 Å². The van der Waals surface area contributed by atoms with Gasteiger partial charge in [-0.2, -0.15) is 0 Å². The van der Waals surface area contributed by atoms with Crippen LogP contribution in [0, 0.1) is 0 Å². The lowest BCUT2D eigenvalue weighted by molar-refractivity contribution is 0.114. The van der Waals surface area contributed by atoms with Gasteiger partial charge in [-0.15, -0.1) is 0 Å². The van der Waals surface area contributed by atoms with Crippen LogP contribution in [0.3, 0.4) is 0 Å². The normalized spacial score (nSPS) is 11.7. The third kappa shape index (κ3) is 3.67. The number of nitrogens with two attached hydrogens (primary N) is 1. The predicted molar refractivity (Wildman–Crippen MR) is 83.3 cm³/mol. The molecule has 0 aliphatic carbocycles. The Kier molecular flexibility index (Phi) is 5.13. The van der Waals surface area contributed by atoms with E-state index in [1.54, 1.807) is 0 Å². The second-order valence-corrected chi connectivity index (χ2v) is 6.27. The lowest BCUT2D eigenvalue weighted by Gasteiger charge is -2.32. The van der Waals surface area contributed by atoms with E-state index in [2.05, 4.69) is 34.7 Å². The second-order valence-electron chi connectivity index (χ2n) is 4.97. The highest BCUT2D eigenvalue weighted by Crippen LogP contribution is 2.27. The van der Waals surface area contributed by atoms with Gasteiger partial charge in [-0.25, -0.2) is 0 Å². The SMILES string of the molecule is CN(C)C(C)(C)COc1cccc(Br)c1C(N)=S. The topological polar surface area (TPSA) is 38.5 Å². The fourth-order valence-corrected chi connectivity index (χ4v) is 2.15. The Morgan fingerprint density at radius 1 is 1.44 bits per heavy atom. The fraction of sp³-hybridized carbons (Fsp3) is 0.462. The summed E-state index contributed by atoms with van der Waals surface area (Å²) in [5.41, 5.74) is 6.42. The Balaban J connectivity index is 2.92. The van der Waals surface area contributed by atoms with E-state index < -0.39 is 0 Å². The van der Waals surface area contributed by atoms with Crippen LogP contribution in [0.1, 0.15) is 19.4 Å². The standard InChI is InChI=1S/C13H19BrN2OS/c1-13(2,16(3)4)8-17-10-7-5-6-9(14)11(10)12(15)18/h5-7H,8H2,1-4H3,(H2,15,18). The molecule has 0 bridgehead atoms. The van der Waals surface area contributed by atoms with E-state index in [1.165, 1.54) is 0 Å². The molecule has 0 saturated carbocycles. The Hall–Kier alpha value is -0.650. The van der Waals surface area contributed by atoms with Gasteiger partial charge in [-0.1, -0.05) is 18.3 Å². The molecule has 0 atom stereocenters. The van der Waals surface area contributed by atoms with Crippen molar-refractivity contribution in [3.05, 3.63) is 28.2 Å². The number of hydrogen-bond donors (Lipinski definition) is 1. The molecule has 0 aliphatic heterocycles. The van der Waals surface area contributed by atoms with Gasteiger partial charge >= 0.3 is 0 Å². The van der Waals surface area contributed by atoms with E-state index in [0.717, 1.165) is 10.0 Å². The van der Waals surface area contributed by atoms with E-state index in [4.69, 9.17) is 22.7 Å². The lowest BCUT2D eigenvalue weighted by Crippen LogP contribution is -2.43. The minimum absolute atomic E-state index is 0.0597. The summed E-state index contributed by atoms with van der Waals surface area (Å²) in [5.74, 6) is 0.715. The monoisotopic (exact) mass is 330 g/mol. The van der Waals surface area contributed by atoms with Crippen LogP contribution in [0.25, 0.3) is 0 Å². The predicted octanol–water partition coefficient (Wildman–Crippen LogP) is 2.80. The Labute approximate surface area is 122 Å². The molecular formula is C13H19BrN2OS. The van der Waals surface area contributed by atoms with E-state index in [0.29, 0.717) is 17.3 Å². The van der Waals surface area contributed by atoms with E-state index in [9.17, 15) is 0 Å². The van der Waals surface area contributed by atoms with E-state index >= 15 is 0 Å².